The number of imidazole rings is 2. The van der Waals surface area contributed by atoms with Gasteiger partial charge in [-0.25, -0.2) is 31.8 Å². The van der Waals surface area contributed by atoms with Crippen LogP contribution in [0.25, 0.3) is 21.8 Å². The van der Waals surface area contributed by atoms with E-state index in [0.29, 0.717) is 156 Å². The molecule has 0 unspecified atom stereocenters. The number of carbonyl (C=O) groups is 11. The van der Waals surface area contributed by atoms with Crippen molar-refractivity contribution in [2.75, 3.05) is 94.8 Å². The lowest BCUT2D eigenvalue weighted by atomic mass is 10.1. The highest BCUT2D eigenvalue weighted by atomic mass is 32.2. The molecular weight excluding hydrogens is 1980 g/mol. The first-order chi connectivity index (χ1) is 70.1. The zero-order chi connectivity index (χ0) is 107. The number of sulfonamides is 2. The standard InChI is InChI=1S/C57H71N13O14S2.C41H55N9O10S.CH4/c1-5-11-44(67-53(74)41-15-17-48(63-32-41)68-66-33-40-12-6-7-13-47(40)86(81,82)83)55(76)60-22-10-27-84-26-9-21-59-50(72)19-18-49(71)58-20-8-25-70-35-43(51(73)42-16-14-39(30-46(42)70)31-65-57-61-23-24-62-57)54(75)64-34-45(56(77)78)69-85(79,80)52-37(3)28-36(2)29-38(52)4;1-26-20-27(2)38(28(3)21-26)61(58,59)49-33(40(56)57)24-47-39(55)32-25-50(34-22-30(8-9-31(34)37(32)54)23-48-41-45-15-16-46-41)17-5-12-43-35(52)10-11-36(53)44-14-7-19-60-18-6-13-42-29(4)51;/h6-7,12-17,23-24,28-30,32-33,35,44-45,69H,5,8-11,18-22,25-27,31,34H2,1-4H3,(H,58,71)(H,59,72)(H,60,76)(H,63,68)(H,64,75)(H,67,74)(H,77,78)(H2,61,62,65)(H,81,82,83);8-9,15-16,20-22,25,33,49H,5-7,10-14,17-19,23-24H2,1-4H3,(H,42,51)(H,43,52)(H,44,53)(H,47,55)(H,56,57)(H2,45,46,48);1H4/b66-33+;;/t44-,45-;33-;/m00./s1. The highest BCUT2D eigenvalue weighted by Crippen LogP contribution is 2.26. The van der Waals surface area contributed by atoms with Gasteiger partial charge in [0, 0.05) is 197 Å². The van der Waals surface area contributed by atoms with Crippen LogP contribution < -0.4 is 84.2 Å². The molecule has 0 radical (unpaired) electrons. The van der Waals surface area contributed by atoms with Crippen LogP contribution >= 0.6 is 0 Å². The number of anilines is 3. The van der Waals surface area contributed by atoms with Crippen LogP contribution in [0.4, 0.5) is 17.7 Å². The summed E-state index contributed by atoms with van der Waals surface area (Å²) in [4.78, 5) is 184. The number of fused-ring (bicyclic) bond motifs is 2. The Balaban J connectivity index is 0.000000379. The largest absolute Gasteiger partial charge is 0.480 e. The summed E-state index contributed by atoms with van der Waals surface area (Å²) >= 11 is 0. The van der Waals surface area contributed by atoms with Crippen molar-refractivity contribution in [3.8, 4) is 0 Å². The molecule has 0 saturated carbocycles. The van der Waals surface area contributed by atoms with Crippen LogP contribution in [-0.4, -0.2) is 242 Å². The number of hydrazone groups is 1. The summed E-state index contributed by atoms with van der Waals surface area (Å²) in [6.07, 6.45) is 15.4. The number of aromatic nitrogens is 7. The van der Waals surface area contributed by atoms with Crippen LogP contribution in [0, 0.1) is 41.5 Å². The van der Waals surface area contributed by atoms with E-state index < -0.39 is 102 Å². The first-order valence-electron chi connectivity index (χ1n) is 47.5. The van der Waals surface area contributed by atoms with Crippen molar-refractivity contribution in [3.05, 3.63) is 228 Å². The van der Waals surface area contributed by atoms with Crippen LogP contribution in [0.1, 0.15) is 179 Å². The van der Waals surface area contributed by atoms with Crippen LogP contribution in [0.5, 0.6) is 0 Å². The SMILES string of the molecule is C.CC(=O)NCCCOCCCNC(=O)CCC(=O)NCCCn1cc(C(=O)NC[C@H](NS(=O)(=O)c2c(C)cc(C)cc2C)C(=O)O)c(=O)c2ccc(CNc3ncc[nH]3)cc21.CCC[C@H](NC(=O)c1ccc(N/N=C/c2ccccc2S(=O)(=O)O)nc1)C(=O)NCCCOCCCNC(=O)CCC(=O)NCCCn1cc(C(=O)NC[C@H](NS(=O)(=O)c2c(C)cc(C)cc2C)C(=O)O)c(=O)c2ccc(CNc3ncc[nH]3)cc21. The average molecular weight is 2110 g/mol. The molecule has 0 fully saturated rings. The number of aliphatic carboxylic acids is 2. The second-order valence-electron chi connectivity index (χ2n) is 34.5. The van der Waals surface area contributed by atoms with Gasteiger partial charge in [-0.2, -0.15) is 23.0 Å². The van der Waals surface area contributed by atoms with E-state index in [9.17, 15) is 102 Å². The molecule has 0 bridgehead atoms. The molecule has 148 heavy (non-hydrogen) atoms. The van der Waals surface area contributed by atoms with Gasteiger partial charge in [0.25, 0.3) is 27.8 Å². The van der Waals surface area contributed by atoms with Crippen molar-refractivity contribution < 1.29 is 102 Å². The Bertz CT molecular complexity index is 6780. The molecular formula is C99H130N22O24S3. The second kappa shape index (κ2) is 58.4. The Morgan fingerprint density at radius 2 is 0.905 bits per heavy atom. The van der Waals surface area contributed by atoms with Crippen LogP contribution in [0.3, 0.4) is 0 Å². The predicted octanol–water partition coefficient (Wildman–Crippen LogP) is 5.82. The van der Waals surface area contributed by atoms with Crippen molar-refractivity contribution in [1.82, 2.24) is 91.3 Å². The number of pyridine rings is 3. The second-order valence-corrected chi connectivity index (χ2v) is 39.2. The molecule has 0 saturated heterocycles. The number of aryl methyl sites for hydroxylation is 8. The summed E-state index contributed by atoms with van der Waals surface area (Å²) in [7, 11) is -13.1. The fourth-order valence-corrected chi connectivity index (χ4v) is 19.5. The molecule has 0 spiro atoms. The van der Waals surface area contributed by atoms with E-state index in [1.54, 1.807) is 135 Å². The molecule has 19 N–H and O–H groups in total. The topological polar surface area (TPSA) is 664 Å². The van der Waals surface area contributed by atoms with Crippen LogP contribution in [0.15, 0.2) is 170 Å². The molecule has 9 amide bonds. The first-order valence-corrected chi connectivity index (χ1v) is 51.9. The highest BCUT2D eigenvalue weighted by molar-refractivity contribution is 7.90. The molecule has 5 aromatic heterocycles. The van der Waals surface area contributed by atoms with Crippen LogP contribution in [0.2, 0.25) is 0 Å². The van der Waals surface area contributed by atoms with Crippen LogP contribution in [-0.2, 0) is 104 Å². The third kappa shape index (κ3) is 37.5. The zero-order valence-electron chi connectivity index (χ0n) is 82.7. The summed E-state index contributed by atoms with van der Waals surface area (Å²) in [5.74, 6) is -5.91. The third-order valence-corrected chi connectivity index (χ3v) is 27.0. The normalized spacial score (nSPS) is 12.0. The van der Waals surface area contributed by atoms with Gasteiger partial charge in [0.1, 0.15) is 40.0 Å². The van der Waals surface area contributed by atoms with E-state index in [-0.39, 0.29) is 155 Å². The van der Waals surface area contributed by atoms with Gasteiger partial charge in [0.15, 0.2) is 11.9 Å². The first kappa shape index (κ1) is 118. The molecule has 10 aromatic rings. The molecule has 10 rings (SSSR count). The third-order valence-electron chi connectivity index (χ3n) is 22.5. The summed E-state index contributed by atoms with van der Waals surface area (Å²) in [5, 5.41) is 54.7. The fourth-order valence-electron chi connectivity index (χ4n) is 15.6. The van der Waals surface area contributed by atoms with Gasteiger partial charge >= 0.3 is 11.9 Å². The van der Waals surface area contributed by atoms with E-state index in [2.05, 4.69) is 103 Å². The Morgan fingerprint density at radius 3 is 1.29 bits per heavy atom. The van der Waals surface area contributed by atoms with E-state index in [1.807, 2.05) is 13.8 Å². The summed E-state index contributed by atoms with van der Waals surface area (Å²) in [6, 6.07) is 21.1. The van der Waals surface area contributed by atoms with Crippen molar-refractivity contribution in [2.24, 2.45) is 5.10 Å². The van der Waals surface area contributed by atoms with Crippen molar-refractivity contribution in [2.45, 2.75) is 199 Å². The zero-order valence-corrected chi connectivity index (χ0v) is 85.2. The number of rotatable bonds is 59. The maximum Gasteiger partial charge on any atom is 0.323 e. The van der Waals surface area contributed by atoms with Gasteiger partial charge in [0.05, 0.1) is 32.6 Å². The molecule has 0 aliphatic heterocycles. The van der Waals surface area contributed by atoms with E-state index >= 15 is 0 Å². The summed E-state index contributed by atoms with van der Waals surface area (Å²) in [6.45, 7) is 16.6. The molecule has 798 valence electrons. The number of H-pyrrole nitrogens is 2. The quantitative estimate of drug-likeness (QED) is 0.00923. The van der Waals surface area contributed by atoms with Gasteiger partial charge in [0.2, 0.25) is 66.3 Å². The minimum atomic E-state index is -4.46. The van der Waals surface area contributed by atoms with E-state index in [0.717, 1.165) is 22.3 Å². The van der Waals surface area contributed by atoms with E-state index in [1.165, 1.54) is 62.1 Å². The number of carboxylic acids is 2. The number of aromatic amines is 2. The number of ether oxygens (including phenoxy) is 2. The lowest BCUT2D eigenvalue weighted by molar-refractivity contribution is -0.139. The number of hydrogen-bond donors (Lipinski definition) is 19. The number of benzene rings is 5. The minimum Gasteiger partial charge on any atom is -0.480 e. The Kier molecular flexibility index (Phi) is 46.6. The molecule has 5 aromatic carbocycles. The Morgan fingerprint density at radius 1 is 0.493 bits per heavy atom. The predicted molar refractivity (Wildman–Crippen MR) is 554 cm³/mol. The van der Waals surface area contributed by atoms with Gasteiger partial charge in [-0.3, -0.25) is 72.3 Å². The number of carbonyl (C=O) groups excluding carboxylic acids is 9. The van der Waals surface area contributed by atoms with Crippen molar-refractivity contribution >= 4 is 141 Å². The molecule has 3 atom stereocenters. The fraction of sp³-hybridized carbons (Fsp3) is 0.404. The Labute approximate surface area is 856 Å². The van der Waals surface area contributed by atoms with Crippen molar-refractivity contribution in [3.63, 3.8) is 0 Å². The number of hydrogen-bond acceptors (Lipinski definition) is 28. The number of nitrogens with one attached hydrogen (secondary N) is 16. The number of amides is 9. The summed E-state index contributed by atoms with van der Waals surface area (Å²) < 4.78 is 105. The molecule has 5 heterocycles. The van der Waals surface area contributed by atoms with E-state index in [4.69, 9.17) is 9.47 Å². The lowest BCUT2D eigenvalue weighted by Crippen LogP contribution is -2.49. The van der Waals surface area contributed by atoms with Gasteiger partial charge in [-0.15, -0.1) is 0 Å². The minimum absolute atomic E-state index is 0. The molecule has 49 heteroatoms. The molecule has 46 nitrogen and oxygen atoms in total. The van der Waals surface area contributed by atoms with Gasteiger partial charge in [-0.1, -0.05) is 86.5 Å². The lowest BCUT2D eigenvalue weighted by Gasteiger charge is -2.19. The highest BCUT2D eigenvalue weighted by Gasteiger charge is 2.33. The van der Waals surface area contributed by atoms with Gasteiger partial charge in [-0.05, 0) is 162 Å². The average Bonchev–Trinajstić information content (AvgIpc) is 0.826. The maximum atomic E-state index is 13.9. The molecule has 0 aliphatic rings. The monoisotopic (exact) mass is 2110 g/mol. The summed E-state index contributed by atoms with van der Waals surface area (Å²) in [5.41, 5.74) is 6.95. The van der Waals surface area contributed by atoms with Gasteiger partial charge < -0.3 is 97.3 Å². The smallest absolute Gasteiger partial charge is 0.323 e. The Hall–Kier alpha value is -15.0. The number of carboxylic acid groups (broad SMARTS) is 2. The number of nitrogens with zero attached hydrogens (tertiary/aromatic N) is 6. The molecule has 0 aliphatic carbocycles. The van der Waals surface area contributed by atoms with Crippen molar-refractivity contribution in [1.29, 1.82) is 0 Å². The maximum absolute atomic E-state index is 13.9.